The van der Waals surface area contributed by atoms with Crippen LogP contribution in [0.5, 0.6) is 5.75 Å². The van der Waals surface area contributed by atoms with Gasteiger partial charge in [-0.2, -0.15) is 0 Å². The molecule has 1 saturated heterocycles. The van der Waals surface area contributed by atoms with E-state index in [1.807, 2.05) is 66.7 Å². The van der Waals surface area contributed by atoms with Crippen LogP contribution in [0.15, 0.2) is 78.9 Å². The predicted octanol–water partition coefficient (Wildman–Crippen LogP) is 4.28. The van der Waals surface area contributed by atoms with Crippen molar-refractivity contribution in [2.45, 2.75) is 18.3 Å². The van der Waals surface area contributed by atoms with Gasteiger partial charge in [-0.3, -0.25) is 20.4 Å². The molecule has 1 aliphatic heterocycles. The maximum absolute atomic E-state index is 13.2. The molecule has 0 radical (unpaired) electrons. The second kappa shape index (κ2) is 10.5. The van der Waals surface area contributed by atoms with Gasteiger partial charge in [0.05, 0.1) is 5.41 Å². The third-order valence-electron chi connectivity index (χ3n) is 5.82. The Morgan fingerprint density at radius 2 is 1.55 bits per heavy atom. The minimum Gasteiger partial charge on any atom is -0.483 e. The molecule has 1 fully saturated rings. The zero-order chi connectivity index (χ0) is 23.1. The first-order valence-electron chi connectivity index (χ1n) is 10.8. The summed E-state index contributed by atoms with van der Waals surface area (Å²) in [5.74, 6) is -0.150. The van der Waals surface area contributed by atoms with E-state index in [0.717, 1.165) is 16.7 Å². The van der Waals surface area contributed by atoms with Crippen molar-refractivity contribution in [3.05, 3.63) is 89.4 Å². The zero-order valence-electron chi connectivity index (χ0n) is 18.1. The average molecular weight is 465 g/mol. The summed E-state index contributed by atoms with van der Waals surface area (Å²) in [6.07, 6.45) is 1.02. The van der Waals surface area contributed by atoms with E-state index in [1.165, 1.54) is 0 Å². The summed E-state index contributed by atoms with van der Waals surface area (Å²) < 4.78 is 11.2. The van der Waals surface area contributed by atoms with Gasteiger partial charge in [0.15, 0.2) is 6.61 Å². The molecule has 0 spiro atoms. The van der Waals surface area contributed by atoms with Crippen LogP contribution in [0.25, 0.3) is 11.1 Å². The molecule has 0 aliphatic carbocycles. The first kappa shape index (κ1) is 22.8. The van der Waals surface area contributed by atoms with Crippen LogP contribution in [-0.4, -0.2) is 31.6 Å². The summed E-state index contributed by atoms with van der Waals surface area (Å²) in [5, 5.41) is 0.600. The van der Waals surface area contributed by atoms with E-state index in [4.69, 9.17) is 21.1 Å². The van der Waals surface area contributed by atoms with E-state index in [0.29, 0.717) is 36.8 Å². The van der Waals surface area contributed by atoms with E-state index in [1.54, 1.807) is 12.1 Å². The Morgan fingerprint density at radius 3 is 2.27 bits per heavy atom. The van der Waals surface area contributed by atoms with Gasteiger partial charge in [0.25, 0.3) is 5.91 Å². The van der Waals surface area contributed by atoms with Crippen LogP contribution in [0.2, 0.25) is 5.02 Å². The lowest BCUT2D eigenvalue weighted by atomic mass is 9.73. The molecular weight excluding hydrogens is 440 g/mol. The number of carbonyl (C=O) groups excluding carboxylic acids is 2. The Hall–Kier alpha value is -3.35. The van der Waals surface area contributed by atoms with Gasteiger partial charge in [0, 0.05) is 23.8 Å². The van der Waals surface area contributed by atoms with E-state index in [2.05, 4.69) is 10.9 Å². The van der Waals surface area contributed by atoms with Crippen molar-refractivity contribution in [3.63, 3.8) is 0 Å². The summed E-state index contributed by atoms with van der Waals surface area (Å²) in [5.41, 5.74) is 6.99. The normalized spacial score (nSPS) is 14.8. The third kappa shape index (κ3) is 5.35. The molecule has 33 heavy (non-hydrogen) atoms. The van der Waals surface area contributed by atoms with Gasteiger partial charge in [-0.25, -0.2) is 0 Å². The molecule has 2 N–H and O–H groups in total. The molecule has 0 aromatic heterocycles. The highest BCUT2D eigenvalue weighted by Crippen LogP contribution is 2.35. The molecule has 0 bridgehead atoms. The SMILES string of the molecule is O=C(COc1ccccc1-c1ccccc1)NNC(=O)C1(c2ccc(Cl)cc2)CCOCC1. The Kier molecular flexibility index (Phi) is 7.27. The molecule has 6 nitrogen and oxygen atoms in total. The minimum atomic E-state index is -0.795. The Bertz CT molecular complexity index is 1100. The number of benzene rings is 3. The van der Waals surface area contributed by atoms with Crippen molar-refractivity contribution in [2.24, 2.45) is 0 Å². The van der Waals surface area contributed by atoms with Crippen molar-refractivity contribution in [3.8, 4) is 16.9 Å². The van der Waals surface area contributed by atoms with Crippen LogP contribution in [0.1, 0.15) is 18.4 Å². The van der Waals surface area contributed by atoms with Gasteiger partial charge >= 0.3 is 0 Å². The van der Waals surface area contributed by atoms with E-state index < -0.39 is 11.3 Å². The number of hydrogen-bond acceptors (Lipinski definition) is 4. The number of amides is 2. The highest BCUT2D eigenvalue weighted by Gasteiger charge is 2.42. The van der Waals surface area contributed by atoms with Gasteiger partial charge in [0.2, 0.25) is 5.91 Å². The summed E-state index contributed by atoms with van der Waals surface area (Å²) in [6.45, 7) is 0.688. The number of carbonyl (C=O) groups is 2. The lowest BCUT2D eigenvalue weighted by Gasteiger charge is -2.36. The fraction of sp³-hybridized carbons (Fsp3) is 0.231. The van der Waals surface area contributed by atoms with E-state index >= 15 is 0 Å². The molecule has 7 heteroatoms. The monoisotopic (exact) mass is 464 g/mol. The quantitative estimate of drug-likeness (QED) is 0.534. The first-order chi connectivity index (χ1) is 16.1. The Labute approximate surface area is 197 Å². The summed E-state index contributed by atoms with van der Waals surface area (Å²) in [7, 11) is 0. The number of rotatable bonds is 6. The fourth-order valence-corrected chi connectivity index (χ4v) is 4.14. The van der Waals surface area contributed by atoms with Crippen LogP contribution in [0.3, 0.4) is 0 Å². The minimum absolute atomic E-state index is 0.235. The smallest absolute Gasteiger partial charge is 0.276 e. The third-order valence-corrected chi connectivity index (χ3v) is 6.08. The second-order valence-corrected chi connectivity index (χ2v) is 8.29. The topological polar surface area (TPSA) is 76.7 Å². The standard InChI is InChI=1S/C26H25ClN2O4/c27-21-12-10-20(11-13-21)26(14-16-32-17-15-26)25(31)29-28-24(30)18-33-23-9-5-4-8-22(23)19-6-2-1-3-7-19/h1-13H,14-18H2,(H,28,30)(H,29,31). The molecule has 0 atom stereocenters. The highest BCUT2D eigenvalue weighted by molar-refractivity contribution is 6.30. The largest absolute Gasteiger partial charge is 0.483 e. The van der Waals surface area contributed by atoms with Gasteiger partial charge in [-0.05, 0) is 42.2 Å². The van der Waals surface area contributed by atoms with Gasteiger partial charge in [0.1, 0.15) is 5.75 Å². The van der Waals surface area contributed by atoms with Crippen molar-refractivity contribution in [1.82, 2.24) is 10.9 Å². The molecule has 0 unspecified atom stereocenters. The molecule has 3 aromatic rings. The molecule has 4 rings (SSSR count). The van der Waals surface area contributed by atoms with Gasteiger partial charge < -0.3 is 9.47 Å². The van der Waals surface area contributed by atoms with Crippen molar-refractivity contribution < 1.29 is 19.1 Å². The maximum Gasteiger partial charge on any atom is 0.276 e. The van der Waals surface area contributed by atoms with Crippen LogP contribution in [0, 0.1) is 0 Å². The summed E-state index contributed by atoms with van der Waals surface area (Å²) in [4.78, 5) is 25.6. The van der Waals surface area contributed by atoms with Crippen LogP contribution in [0.4, 0.5) is 0 Å². The average Bonchev–Trinajstić information content (AvgIpc) is 2.87. The number of halogens is 1. The number of para-hydroxylation sites is 1. The second-order valence-electron chi connectivity index (χ2n) is 7.85. The molecule has 170 valence electrons. The molecule has 1 heterocycles. The lowest BCUT2D eigenvalue weighted by Crippen LogP contribution is -2.54. The number of hydrazine groups is 1. The predicted molar refractivity (Wildman–Crippen MR) is 127 cm³/mol. The maximum atomic E-state index is 13.2. The first-order valence-corrected chi connectivity index (χ1v) is 11.2. The lowest BCUT2D eigenvalue weighted by molar-refractivity contribution is -0.135. The summed E-state index contributed by atoms with van der Waals surface area (Å²) in [6, 6.07) is 24.5. The van der Waals surface area contributed by atoms with E-state index in [-0.39, 0.29) is 12.5 Å². The zero-order valence-corrected chi connectivity index (χ0v) is 18.8. The molecule has 0 saturated carbocycles. The molecule has 1 aliphatic rings. The number of nitrogens with one attached hydrogen (secondary N) is 2. The highest BCUT2D eigenvalue weighted by atomic mass is 35.5. The Balaban J connectivity index is 1.39. The van der Waals surface area contributed by atoms with Crippen LogP contribution < -0.4 is 15.6 Å². The molecular formula is C26H25ClN2O4. The fourth-order valence-electron chi connectivity index (χ4n) is 4.01. The van der Waals surface area contributed by atoms with Gasteiger partial charge in [-0.15, -0.1) is 0 Å². The van der Waals surface area contributed by atoms with E-state index in [9.17, 15) is 9.59 Å². The van der Waals surface area contributed by atoms with Crippen LogP contribution in [-0.2, 0) is 19.7 Å². The van der Waals surface area contributed by atoms with Crippen molar-refractivity contribution >= 4 is 23.4 Å². The molecule has 2 amide bonds. The Morgan fingerprint density at radius 1 is 0.879 bits per heavy atom. The molecule has 3 aromatic carbocycles. The van der Waals surface area contributed by atoms with Crippen molar-refractivity contribution in [2.75, 3.05) is 19.8 Å². The van der Waals surface area contributed by atoms with Crippen molar-refractivity contribution in [1.29, 1.82) is 0 Å². The summed E-state index contributed by atoms with van der Waals surface area (Å²) >= 11 is 6.02. The van der Waals surface area contributed by atoms with Gasteiger partial charge in [-0.1, -0.05) is 72.3 Å². The number of ether oxygens (including phenoxy) is 2. The number of hydrogen-bond donors (Lipinski definition) is 2. The van der Waals surface area contributed by atoms with Crippen LogP contribution >= 0.6 is 11.6 Å².